The van der Waals surface area contributed by atoms with Crippen LogP contribution in [0.1, 0.15) is 11.3 Å². The van der Waals surface area contributed by atoms with Crippen LogP contribution in [-0.2, 0) is 7.05 Å². The number of aryl methyl sites for hydroxylation is 3. The molecule has 1 aromatic carbocycles. The van der Waals surface area contributed by atoms with Gasteiger partial charge in [0.15, 0.2) is 4.73 Å². The molecule has 0 saturated carbocycles. The average Bonchev–Trinajstić information content (AvgIpc) is 2.55. The molecular weight excluding hydrogens is 280 g/mol. The summed E-state index contributed by atoms with van der Waals surface area (Å²) in [6.07, 6.45) is 1.78. The third kappa shape index (κ3) is 1.45. The SMILES string of the molecule is Cc1cnc2c(cc(C)c3c2nc(Br)n3C)n1. The zero-order valence-corrected chi connectivity index (χ0v) is 11.4. The summed E-state index contributed by atoms with van der Waals surface area (Å²) >= 11 is 3.45. The number of halogens is 1. The molecule has 2 aromatic heterocycles. The van der Waals surface area contributed by atoms with Crippen molar-refractivity contribution in [2.45, 2.75) is 13.8 Å². The topological polar surface area (TPSA) is 43.6 Å². The minimum Gasteiger partial charge on any atom is -0.321 e. The van der Waals surface area contributed by atoms with E-state index in [1.54, 1.807) is 6.20 Å². The Morgan fingerprint density at radius 1 is 1.18 bits per heavy atom. The molecule has 17 heavy (non-hydrogen) atoms. The third-order valence-electron chi connectivity index (χ3n) is 2.91. The predicted octanol–water partition coefficient (Wildman–Crippen LogP) is 2.90. The lowest BCUT2D eigenvalue weighted by molar-refractivity contribution is 0.909. The van der Waals surface area contributed by atoms with Crippen LogP contribution in [0.2, 0.25) is 0 Å². The van der Waals surface area contributed by atoms with Gasteiger partial charge in [0.05, 0.1) is 16.7 Å². The molecule has 5 heteroatoms. The van der Waals surface area contributed by atoms with E-state index in [9.17, 15) is 0 Å². The van der Waals surface area contributed by atoms with Crippen molar-refractivity contribution in [1.82, 2.24) is 19.5 Å². The lowest BCUT2D eigenvalue weighted by atomic mass is 10.1. The molecular formula is C12H11BrN4. The summed E-state index contributed by atoms with van der Waals surface area (Å²) < 4.78 is 2.83. The number of hydrogen-bond donors (Lipinski definition) is 0. The van der Waals surface area contributed by atoms with Crippen molar-refractivity contribution in [2.24, 2.45) is 7.05 Å². The van der Waals surface area contributed by atoms with Gasteiger partial charge < -0.3 is 4.57 Å². The van der Waals surface area contributed by atoms with E-state index in [1.807, 2.05) is 18.5 Å². The third-order valence-corrected chi connectivity index (χ3v) is 3.62. The number of imidazole rings is 1. The van der Waals surface area contributed by atoms with E-state index >= 15 is 0 Å². The van der Waals surface area contributed by atoms with Crippen molar-refractivity contribution in [1.29, 1.82) is 0 Å². The van der Waals surface area contributed by atoms with E-state index in [-0.39, 0.29) is 0 Å². The van der Waals surface area contributed by atoms with Crippen LogP contribution in [-0.4, -0.2) is 19.5 Å². The first-order valence-electron chi connectivity index (χ1n) is 5.33. The quantitative estimate of drug-likeness (QED) is 0.639. The Bertz CT molecular complexity index is 745. The molecule has 0 atom stereocenters. The molecule has 0 radical (unpaired) electrons. The van der Waals surface area contributed by atoms with E-state index in [2.05, 4.69) is 43.9 Å². The molecule has 0 unspecified atom stereocenters. The molecule has 0 bridgehead atoms. The fraction of sp³-hybridized carbons (Fsp3) is 0.250. The van der Waals surface area contributed by atoms with Crippen LogP contribution < -0.4 is 0 Å². The molecule has 86 valence electrons. The first-order chi connectivity index (χ1) is 8.08. The van der Waals surface area contributed by atoms with E-state index < -0.39 is 0 Å². The molecule has 0 aliphatic rings. The van der Waals surface area contributed by atoms with Gasteiger partial charge in [-0.25, -0.2) is 9.97 Å². The standard InChI is InChI=1S/C12H11BrN4/c1-6-4-8-9(14-5-7(2)15-8)10-11(6)17(3)12(13)16-10/h4-5H,1-3H3. The Labute approximate surface area is 107 Å². The van der Waals surface area contributed by atoms with Gasteiger partial charge in [0.25, 0.3) is 0 Å². The van der Waals surface area contributed by atoms with Gasteiger partial charge in [-0.2, -0.15) is 0 Å². The highest BCUT2D eigenvalue weighted by atomic mass is 79.9. The number of hydrogen-bond acceptors (Lipinski definition) is 3. The van der Waals surface area contributed by atoms with Gasteiger partial charge in [-0.05, 0) is 41.4 Å². The number of nitrogens with zero attached hydrogens (tertiary/aromatic N) is 4. The van der Waals surface area contributed by atoms with Crippen molar-refractivity contribution in [2.75, 3.05) is 0 Å². The highest BCUT2D eigenvalue weighted by Crippen LogP contribution is 2.27. The minimum absolute atomic E-state index is 0.811. The second-order valence-electron chi connectivity index (χ2n) is 4.21. The lowest BCUT2D eigenvalue weighted by Gasteiger charge is -2.03. The van der Waals surface area contributed by atoms with Crippen molar-refractivity contribution >= 4 is 38.0 Å². The molecule has 2 heterocycles. The zero-order chi connectivity index (χ0) is 12.2. The van der Waals surface area contributed by atoms with E-state index in [0.717, 1.165) is 38.1 Å². The first-order valence-corrected chi connectivity index (χ1v) is 6.12. The van der Waals surface area contributed by atoms with Crippen LogP contribution in [0.15, 0.2) is 17.0 Å². The van der Waals surface area contributed by atoms with Crippen LogP contribution in [0.4, 0.5) is 0 Å². The van der Waals surface area contributed by atoms with Gasteiger partial charge in [-0.15, -0.1) is 0 Å². The van der Waals surface area contributed by atoms with Crippen LogP contribution in [0.25, 0.3) is 22.1 Å². The summed E-state index contributed by atoms with van der Waals surface area (Å²) in [5, 5.41) is 0. The smallest absolute Gasteiger partial charge is 0.177 e. The van der Waals surface area contributed by atoms with E-state index in [1.165, 1.54) is 0 Å². The van der Waals surface area contributed by atoms with E-state index in [0.29, 0.717) is 0 Å². The molecule has 4 nitrogen and oxygen atoms in total. The maximum Gasteiger partial charge on any atom is 0.177 e. The van der Waals surface area contributed by atoms with Crippen LogP contribution in [0, 0.1) is 13.8 Å². The zero-order valence-electron chi connectivity index (χ0n) is 9.82. The molecule has 0 spiro atoms. The van der Waals surface area contributed by atoms with Crippen LogP contribution in [0.5, 0.6) is 0 Å². The Morgan fingerprint density at radius 2 is 1.94 bits per heavy atom. The van der Waals surface area contributed by atoms with Crippen molar-refractivity contribution in [3.63, 3.8) is 0 Å². The van der Waals surface area contributed by atoms with E-state index in [4.69, 9.17) is 0 Å². The summed E-state index contributed by atoms with van der Waals surface area (Å²) in [6.45, 7) is 4.01. The largest absolute Gasteiger partial charge is 0.321 e. The molecule has 0 N–H and O–H groups in total. The minimum atomic E-state index is 0.811. The molecule has 0 saturated heterocycles. The Balaban J connectivity index is 2.60. The fourth-order valence-corrected chi connectivity index (χ4v) is 2.49. The summed E-state index contributed by atoms with van der Waals surface area (Å²) in [4.78, 5) is 13.5. The molecule has 0 aliphatic carbocycles. The van der Waals surface area contributed by atoms with Crippen molar-refractivity contribution in [3.8, 4) is 0 Å². The average molecular weight is 291 g/mol. The molecule has 0 fully saturated rings. The predicted molar refractivity (Wildman–Crippen MR) is 71.0 cm³/mol. The Morgan fingerprint density at radius 3 is 2.71 bits per heavy atom. The fourth-order valence-electron chi connectivity index (χ4n) is 2.14. The molecule has 3 rings (SSSR count). The molecule has 0 amide bonds. The van der Waals surface area contributed by atoms with Gasteiger partial charge in [0, 0.05) is 13.2 Å². The summed E-state index contributed by atoms with van der Waals surface area (Å²) in [5.41, 5.74) is 5.85. The number of aromatic nitrogens is 4. The lowest BCUT2D eigenvalue weighted by Crippen LogP contribution is -1.93. The Kier molecular flexibility index (Phi) is 2.19. The number of benzene rings is 1. The maximum absolute atomic E-state index is 4.51. The van der Waals surface area contributed by atoms with Gasteiger partial charge in [0.2, 0.25) is 0 Å². The van der Waals surface area contributed by atoms with Crippen molar-refractivity contribution < 1.29 is 0 Å². The maximum atomic E-state index is 4.51. The van der Waals surface area contributed by atoms with Gasteiger partial charge in [-0.1, -0.05) is 0 Å². The second kappa shape index (κ2) is 3.50. The Hall–Kier alpha value is -1.49. The highest BCUT2D eigenvalue weighted by Gasteiger charge is 2.13. The monoisotopic (exact) mass is 290 g/mol. The molecule has 0 aliphatic heterocycles. The first kappa shape index (κ1) is 10.7. The summed E-state index contributed by atoms with van der Waals surface area (Å²) in [7, 11) is 1.99. The number of fused-ring (bicyclic) bond motifs is 3. The van der Waals surface area contributed by atoms with Gasteiger partial charge in [0.1, 0.15) is 11.0 Å². The highest BCUT2D eigenvalue weighted by molar-refractivity contribution is 9.10. The van der Waals surface area contributed by atoms with Crippen molar-refractivity contribution in [3.05, 3.63) is 28.3 Å². The van der Waals surface area contributed by atoms with Crippen LogP contribution in [0.3, 0.4) is 0 Å². The second-order valence-corrected chi connectivity index (χ2v) is 4.92. The van der Waals surface area contributed by atoms with Crippen LogP contribution >= 0.6 is 15.9 Å². The van der Waals surface area contributed by atoms with Gasteiger partial charge in [-0.3, -0.25) is 4.98 Å². The summed E-state index contributed by atoms with van der Waals surface area (Å²) in [5.74, 6) is 0. The normalized spacial score (nSPS) is 11.5. The van der Waals surface area contributed by atoms with Gasteiger partial charge >= 0.3 is 0 Å². The molecule has 3 aromatic rings. The number of rotatable bonds is 0. The summed E-state index contributed by atoms with van der Waals surface area (Å²) in [6, 6.07) is 2.06.